The smallest absolute Gasteiger partial charge is 0.335 e. The Morgan fingerprint density at radius 3 is 2.13 bits per heavy atom. The summed E-state index contributed by atoms with van der Waals surface area (Å²) in [5.74, 6) is 0.276. The van der Waals surface area contributed by atoms with Gasteiger partial charge < -0.3 is 19.5 Å². The molecule has 0 aromatic rings. The molecule has 0 aliphatic heterocycles. The molecule has 0 aromatic heterocycles. The fourth-order valence-electron chi connectivity index (χ4n) is 1.54. The van der Waals surface area contributed by atoms with Gasteiger partial charge in [0, 0.05) is 19.8 Å². The quantitative estimate of drug-likeness (QED) is 0.413. The molecule has 0 aromatic carbocycles. The predicted octanol–water partition coefficient (Wildman–Crippen LogP) is 2.16. The summed E-state index contributed by atoms with van der Waals surface area (Å²) in [5, 5.41) is 2.64. The third kappa shape index (κ3) is 14.2. The van der Waals surface area contributed by atoms with Gasteiger partial charge in [0.05, 0.1) is 6.61 Å². The third-order valence-corrected chi connectivity index (χ3v) is 3.15. The van der Waals surface area contributed by atoms with Crippen LogP contribution in [0.3, 0.4) is 0 Å². The first-order chi connectivity index (χ1) is 10.8. The Morgan fingerprint density at radius 1 is 0.913 bits per heavy atom. The first-order valence-electron chi connectivity index (χ1n) is 8.45. The molecule has 1 amide bonds. The van der Waals surface area contributed by atoms with Gasteiger partial charge in [-0.2, -0.15) is 0 Å². The van der Waals surface area contributed by atoms with Gasteiger partial charge in [0.2, 0.25) is 0 Å². The predicted molar refractivity (Wildman–Crippen MR) is 89.1 cm³/mol. The monoisotopic (exact) mass is 331 g/mol. The minimum atomic E-state index is -0.652. The van der Waals surface area contributed by atoms with Crippen LogP contribution < -0.4 is 5.32 Å². The molecule has 23 heavy (non-hydrogen) atoms. The zero-order valence-corrected chi connectivity index (χ0v) is 15.2. The Kier molecular flexibility index (Phi) is 12.7. The Hall–Kier alpha value is -1.14. The zero-order chi connectivity index (χ0) is 17.7. The molecule has 0 saturated heterocycles. The van der Waals surface area contributed by atoms with Gasteiger partial charge in [-0.05, 0) is 31.6 Å². The average Bonchev–Trinajstić information content (AvgIpc) is 2.47. The maximum atomic E-state index is 11.7. The second-order valence-corrected chi connectivity index (χ2v) is 6.45. The van der Waals surface area contributed by atoms with E-state index in [4.69, 9.17) is 14.2 Å². The lowest BCUT2D eigenvalue weighted by molar-refractivity contribution is -0.159. The number of ether oxygens (including phenoxy) is 3. The molecule has 136 valence electrons. The Labute approximate surface area is 140 Å². The number of esters is 1. The fourth-order valence-corrected chi connectivity index (χ4v) is 1.54. The molecule has 0 saturated carbocycles. The van der Waals surface area contributed by atoms with Crippen molar-refractivity contribution in [2.75, 3.05) is 33.0 Å². The summed E-state index contributed by atoms with van der Waals surface area (Å²) < 4.78 is 15.7. The molecule has 6 nitrogen and oxygen atoms in total. The average molecular weight is 331 g/mol. The van der Waals surface area contributed by atoms with Crippen LogP contribution in [-0.4, -0.2) is 51.0 Å². The van der Waals surface area contributed by atoms with E-state index >= 15 is 0 Å². The summed E-state index contributed by atoms with van der Waals surface area (Å²) in [5.41, 5.74) is 0. The number of carbonyl (C=O) groups is 2. The number of hydrogen-bond acceptors (Lipinski definition) is 5. The molecule has 0 aliphatic carbocycles. The molecular weight excluding hydrogens is 298 g/mol. The molecule has 0 heterocycles. The van der Waals surface area contributed by atoms with Gasteiger partial charge in [-0.1, -0.05) is 27.7 Å². The van der Waals surface area contributed by atoms with Crippen LogP contribution in [0.15, 0.2) is 0 Å². The second-order valence-electron chi connectivity index (χ2n) is 6.45. The summed E-state index contributed by atoms with van der Waals surface area (Å²) in [6.07, 6.45) is 1.23. The normalized spacial score (nSPS) is 12.5. The van der Waals surface area contributed by atoms with Gasteiger partial charge in [0.15, 0.2) is 12.7 Å². The minimum Gasteiger partial charge on any atom is -0.454 e. The van der Waals surface area contributed by atoms with Crippen molar-refractivity contribution in [1.29, 1.82) is 0 Å². The van der Waals surface area contributed by atoms with Crippen molar-refractivity contribution < 1.29 is 23.8 Å². The van der Waals surface area contributed by atoms with Crippen LogP contribution in [0, 0.1) is 11.8 Å². The van der Waals surface area contributed by atoms with Crippen LogP contribution in [0.4, 0.5) is 0 Å². The van der Waals surface area contributed by atoms with Crippen LogP contribution in [-0.2, 0) is 23.8 Å². The van der Waals surface area contributed by atoms with Crippen molar-refractivity contribution in [3.05, 3.63) is 0 Å². The summed E-state index contributed by atoms with van der Waals surface area (Å²) in [6, 6.07) is 0. The topological polar surface area (TPSA) is 73.9 Å². The number of amides is 1. The molecule has 1 N–H and O–H groups in total. The van der Waals surface area contributed by atoms with Crippen molar-refractivity contribution in [3.63, 3.8) is 0 Å². The zero-order valence-electron chi connectivity index (χ0n) is 15.2. The summed E-state index contributed by atoms with van der Waals surface area (Å²) in [6.45, 7) is 11.8. The molecule has 0 spiro atoms. The van der Waals surface area contributed by atoms with Crippen LogP contribution >= 0.6 is 0 Å². The third-order valence-electron chi connectivity index (χ3n) is 3.15. The highest BCUT2D eigenvalue weighted by Gasteiger charge is 2.16. The highest BCUT2D eigenvalue weighted by atomic mass is 16.6. The molecule has 0 fully saturated rings. The van der Waals surface area contributed by atoms with Crippen LogP contribution in [0.2, 0.25) is 0 Å². The van der Waals surface area contributed by atoms with Crippen molar-refractivity contribution in [1.82, 2.24) is 5.32 Å². The second kappa shape index (κ2) is 13.3. The van der Waals surface area contributed by atoms with Crippen LogP contribution in [0.25, 0.3) is 0 Å². The van der Waals surface area contributed by atoms with E-state index in [1.807, 2.05) is 0 Å². The van der Waals surface area contributed by atoms with Crippen molar-refractivity contribution >= 4 is 11.9 Å². The van der Waals surface area contributed by atoms with Gasteiger partial charge in [0.1, 0.15) is 0 Å². The van der Waals surface area contributed by atoms with Crippen LogP contribution in [0.5, 0.6) is 0 Å². The van der Waals surface area contributed by atoms with E-state index < -0.39 is 12.1 Å². The largest absolute Gasteiger partial charge is 0.454 e. The molecule has 6 heteroatoms. The molecule has 1 unspecified atom stereocenters. The van der Waals surface area contributed by atoms with E-state index in [9.17, 15) is 9.59 Å². The first-order valence-corrected chi connectivity index (χ1v) is 8.45. The molecule has 0 rings (SSSR count). The van der Waals surface area contributed by atoms with E-state index in [2.05, 4.69) is 33.0 Å². The maximum Gasteiger partial charge on any atom is 0.335 e. The number of carbonyl (C=O) groups excluding carboxylic acids is 2. The van der Waals surface area contributed by atoms with Gasteiger partial charge >= 0.3 is 5.97 Å². The fraction of sp³-hybridized carbons (Fsp3) is 0.882. The van der Waals surface area contributed by atoms with Crippen LogP contribution in [0.1, 0.15) is 47.5 Å². The van der Waals surface area contributed by atoms with E-state index in [0.29, 0.717) is 38.2 Å². The van der Waals surface area contributed by atoms with Gasteiger partial charge in [-0.25, -0.2) is 4.79 Å². The number of hydrogen-bond donors (Lipinski definition) is 1. The highest BCUT2D eigenvalue weighted by molar-refractivity contribution is 5.81. The van der Waals surface area contributed by atoms with Crippen molar-refractivity contribution in [2.24, 2.45) is 11.8 Å². The Balaban J connectivity index is 3.61. The molecular formula is C17H33NO5. The Morgan fingerprint density at radius 2 is 1.52 bits per heavy atom. The maximum absolute atomic E-state index is 11.7. The highest BCUT2D eigenvalue weighted by Crippen LogP contribution is 2.02. The standard InChI is InChI=1S/C17H33NO5/c1-13(2)6-9-21-11-8-18-16(19)12-23-17(20)15(5)22-10-7-14(3)4/h13-15H,6-12H2,1-5H3,(H,18,19). The van der Waals surface area contributed by atoms with Crippen molar-refractivity contribution in [2.45, 2.75) is 53.6 Å². The number of rotatable bonds is 13. The minimum absolute atomic E-state index is 0.289. The van der Waals surface area contributed by atoms with E-state index in [-0.39, 0.29) is 12.5 Å². The lowest BCUT2D eigenvalue weighted by Crippen LogP contribution is -2.33. The molecule has 1 atom stereocenters. The SMILES string of the molecule is CC(C)CCOCCNC(=O)COC(=O)C(C)OCCC(C)C. The van der Waals surface area contributed by atoms with E-state index in [0.717, 1.165) is 12.8 Å². The van der Waals surface area contributed by atoms with E-state index in [1.165, 1.54) is 0 Å². The van der Waals surface area contributed by atoms with E-state index in [1.54, 1.807) is 6.92 Å². The molecule has 0 bridgehead atoms. The summed E-state index contributed by atoms with van der Waals surface area (Å²) in [7, 11) is 0. The molecule has 0 radical (unpaired) electrons. The lowest BCUT2D eigenvalue weighted by atomic mass is 10.1. The lowest BCUT2D eigenvalue weighted by Gasteiger charge is -2.13. The van der Waals surface area contributed by atoms with Crippen molar-refractivity contribution in [3.8, 4) is 0 Å². The first kappa shape index (κ1) is 21.9. The van der Waals surface area contributed by atoms with Gasteiger partial charge in [0.25, 0.3) is 5.91 Å². The van der Waals surface area contributed by atoms with Gasteiger partial charge in [-0.15, -0.1) is 0 Å². The summed E-state index contributed by atoms with van der Waals surface area (Å²) in [4.78, 5) is 23.2. The number of nitrogens with one attached hydrogen (secondary N) is 1. The summed E-state index contributed by atoms with van der Waals surface area (Å²) >= 11 is 0. The molecule has 0 aliphatic rings. The Bertz CT molecular complexity index is 331. The van der Waals surface area contributed by atoms with Gasteiger partial charge in [-0.3, -0.25) is 4.79 Å².